The van der Waals surface area contributed by atoms with Crippen molar-refractivity contribution in [3.05, 3.63) is 0 Å². The second-order valence-electron chi connectivity index (χ2n) is 3.72. The molecule has 0 spiro atoms. The van der Waals surface area contributed by atoms with Gasteiger partial charge in [-0.1, -0.05) is 6.92 Å². The molecule has 3 nitrogen and oxygen atoms in total. The Labute approximate surface area is 95.9 Å². The number of ether oxygens (including phenoxy) is 2. The predicted molar refractivity (Wildman–Crippen MR) is 62.2 cm³/mol. The molecule has 0 amide bonds. The quantitative estimate of drug-likeness (QED) is 0.520. The minimum Gasteiger partial charge on any atom is -0.462 e. The molecule has 4 heteroatoms. The standard InChI is InChI=1S/C11H20O3S/c1-2-7-15-9-11(12)14-8-10-5-3-4-6-13-10/h10H,2-9H2,1H3. The van der Waals surface area contributed by atoms with E-state index in [-0.39, 0.29) is 12.1 Å². The Hall–Kier alpha value is -0.220. The smallest absolute Gasteiger partial charge is 0.315 e. The van der Waals surface area contributed by atoms with Crippen molar-refractivity contribution in [2.24, 2.45) is 0 Å². The van der Waals surface area contributed by atoms with Crippen LogP contribution >= 0.6 is 11.8 Å². The fourth-order valence-electron chi connectivity index (χ4n) is 1.47. The van der Waals surface area contributed by atoms with Gasteiger partial charge in [-0.15, -0.1) is 0 Å². The van der Waals surface area contributed by atoms with Crippen molar-refractivity contribution >= 4 is 17.7 Å². The molecule has 1 atom stereocenters. The van der Waals surface area contributed by atoms with E-state index in [4.69, 9.17) is 9.47 Å². The van der Waals surface area contributed by atoms with E-state index in [0.29, 0.717) is 12.4 Å². The summed E-state index contributed by atoms with van der Waals surface area (Å²) in [6.45, 7) is 3.35. The molecule has 0 aromatic rings. The second-order valence-corrected chi connectivity index (χ2v) is 4.83. The van der Waals surface area contributed by atoms with Gasteiger partial charge in [-0.2, -0.15) is 11.8 Å². The number of hydrogen-bond acceptors (Lipinski definition) is 4. The zero-order valence-electron chi connectivity index (χ0n) is 9.37. The van der Waals surface area contributed by atoms with Gasteiger partial charge in [-0.3, -0.25) is 4.79 Å². The van der Waals surface area contributed by atoms with Gasteiger partial charge in [0, 0.05) is 6.61 Å². The van der Waals surface area contributed by atoms with Crippen LogP contribution in [-0.4, -0.2) is 36.8 Å². The average Bonchev–Trinajstić information content (AvgIpc) is 2.28. The Morgan fingerprint density at radius 1 is 1.53 bits per heavy atom. The molecule has 1 fully saturated rings. The van der Waals surface area contributed by atoms with Crippen molar-refractivity contribution in [1.29, 1.82) is 0 Å². The number of hydrogen-bond donors (Lipinski definition) is 0. The third-order valence-electron chi connectivity index (χ3n) is 2.27. The van der Waals surface area contributed by atoms with Gasteiger partial charge >= 0.3 is 5.97 Å². The monoisotopic (exact) mass is 232 g/mol. The van der Waals surface area contributed by atoms with Gasteiger partial charge in [0.25, 0.3) is 0 Å². The summed E-state index contributed by atoms with van der Waals surface area (Å²) >= 11 is 1.63. The lowest BCUT2D eigenvalue weighted by Gasteiger charge is -2.21. The zero-order chi connectivity index (χ0) is 10.9. The molecule has 1 heterocycles. The van der Waals surface area contributed by atoms with Crippen molar-refractivity contribution in [3.63, 3.8) is 0 Å². The summed E-state index contributed by atoms with van der Waals surface area (Å²) < 4.78 is 10.6. The number of rotatable bonds is 6. The summed E-state index contributed by atoms with van der Waals surface area (Å²) in [6, 6.07) is 0. The maximum atomic E-state index is 11.3. The number of carbonyl (C=O) groups is 1. The van der Waals surface area contributed by atoms with Crippen LogP contribution < -0.4 is 0 Å². The molecule has 1 rings (SSSR count). The highest BCUT2D eigenvalue weighted by Gasteiger charge is 2.15. The fourth-order valence-corrected chi connectivity index (χ4v) is 2.15. The van der Waals surface area contributed by atoms with Crippen molar-refractivity contribution in [3.8, 4) is 0 Å². The van der Waals surface area contributed by atoms with E-state index in [1.165, 1.54) is 6.42 Å². The van der Waals surface area contributed by atoms with Gasteiger partial charge in [0.2, 0.25) is 0 Å². The number of esters is 1. The van der Waals surface area contributed by atoms with Crippen LogP contribution in [0.4, 0.5) is 0 Å². The molecule has 0 saturated carbocycles. The van der Waals surface area contributed by atoms with E-state index in [2.05, 4.69) is 6.92 Å². The highest BCUT2D eigenvalue weighted by atomic mass is 32.2. The lowest BCUT2D eigenvalue weighted by atomic mass is 10.1. The Balaban J connectivity index is 2.00. The minimum atomic E-state index is -0.109. The SMILES string of the molecule is CCCSCC(=O)OCC1CCCCO1. The third-order valence-corrected chi connectivity index (χ3v) is 3.41. The van der Waals surface area contributed by atoms with Gasteiger partial charge in [0.1, 0.15) is 6.61 Å². The Bertz CT molecular complexity index is 179. The van der Waals surface area contributed by atoms with Crippen molar-refractivity contribution in [2.45, 2.75) is 38.7 Å². The van der Waals surface area contributed by atoms with Crippen molar-refractivity contribution in [2.75, 3.05) is 24.7 Å². The van der Waals surface area contributed by atoms with E-state index in [1.54, 1.807) is 11.8 Å². The zero-order valence-corrected chi connectivity index (χ0v) is 10.2. The molecule has 15 heavy (non-hydrogen) atoms. The lowest BCUT2D eigenvalue weighted by Crippen LogP contribution is -2.26. The van der Waals surface area contributed by atoms with E-state index in [1.807, 2.05) is 0 Å². The van der Waals surface area contributed by atoms with Crippen LogP contribution in [0.25, 0.3) is 0 Å². The minimum absolute atomic E-state index is 0.109. The largest absolute Gasteiger partial charge is 0.462 e. The summed E-state index contributed by atoms with van der Waals surface area (Å²) in [5.41, 5.74) is 0. The summed E-state index contributed by atoms with van der Waals surface area (Å²) in [5.74, 6) is 1.39. The highest BCUT2D eigenvalue weighted by molar-refractivity contribution is 7.99. The topological polar surface area (TPSA) is 35.5 Å². The number of carbonyl (C=O) groups excluding carboxylic acids is 1. The van der Waals surface area contributed by atoms with Gasteiger partial charge in [-0.05, 0) is 31.4 Å². The van der Waals surface area contributed by atoms with Gasteiger partial charge < -0.3 is 9.47 Å². The molecule has 0 aromatic heterocycles. The first-order valence-electron chi connectivity index (χ1n) is 5.68. The van der Waals surface area contributed by atoms with Crippen LogP contribution in [0.1, 0.15) is 32.6 Å². The normalized spacial score (nSPS) is 21.3. The molecule has 1 unspecified atom stereocenters. The Morgan fingerprint density at radius 3 is 3.07 bits per heavy atom. The summed E-state index contributed by atoms with van der Waals surface area (Å²) in [4.78, 5) is 11.3. The van der Waals surface area contributed by atoms with Gasteiger partial charge in [0.05, 0.1) is 11.9 Å². The first-order valence-corrected chi connectivity index (χ1v) is 6.83. The van der Waals surface area contributed by atoms with Crippen molar-refractivity contribution < 1.29 is 14.3 Å². The van der Waals surface area contributed by atoms with E-state index in [0.717, 1.165) is 31.6 Å². The first kappa shape index (κ1) is 12.8. The first-order chi connectivity index (χ1) is 7.33. The Kier molecular flexibility index (Phi) is 6.85. The van der Waals surface area contributed by atoms with Gasteiger partial charge in [0.15, 0.2) is 0 Å². The lowest BCUT2D eigenvalue weighted by molar-refractivity contribution is -0.145. The maximum absolute atomic E-state index is 11.3. The number of thioether (sulfide) groups is 1. The van der Waals surface area contributed by atoms with Crippen LogP contribution in [0.3, 0.4) is 0 Å². The molecule has 0 aromatic carbocycles. The fraction of sp³-hybridized carbons (Fsp3) is 0.909. The molecule has 1 aliphatic rings. The van der Waals surface area contributed by atoms with E-state index >= 15 is 0 Å². The highest BCUT2D eigenvalue weighted by Crippen LogP contribution is 2.13. The second kappa shape index (κ2) is 7.99. The summed E-state index contributed by atoms with van der Waals surface area (Å²) in [7, 11) is 0. The molecular formula is C11H20O3S. The van der Waals surface area contributed by atoms with Crippen LogP contribution in [0.5, 0.6) is 0 Å². The van der Waals surface area contributed by atoms with Crippen LogP contribution in [0.15, 0.2) is 0 Å². The van der Waals surface area contributed by atoms with Crippen LogP contribution in [0.2, 0.25) is 0 Å². The average molecular weight is 232 g/mol. The molecule has 1 saturated heterocycles. The Morgan fingerprint density at radius 2 is 2.40 bits per heavy atom. The van der Waals surface area contributed by atoms with Crippen LogP contribution in [0, 0.1) is 0 Å². The summed E-state index contributed by atoms with van der Waals surface area (Å²) in [5, 5.41) is 0. The van der Waals surface area contributed by atoms with Gasteiger partial charge in [-0.25, -0.2) is 0 Å². The maximum Gasteiger partial charge on any atom is 0.315 e. The van der Waals surface area contributed by atoms with E-state index < -0.39 is 0 Å². The predicted octanol–water partition coefficient (Wildman–Crippen LogP) is 2.24. The molecular weight excluding hydrogens is 212 g/mol. The third kappa shape index (κ3) is 6.05. The van der Waals surface area contributed by atoms with E-state index in [9.17, 15) is 4.79 Å². The van der Waals surface area contributed by atoms with Crippen molar-refractivity contribution in [1.82, 2.24) is 0 Å². The molecule has 0 radical (unpaired) electrons. The molecule has 1 aliphatic heterocycles. The molecule has 88 valence electrons. The van der Waals surface area contributed by atoms with Crippen LogP contribution in [-0.2, 0) is 14.3 Å². The molecule has 0 aliphatic carbocycles. The molecule has 0 bridgehead atoms. The molecule has 0 N–H and O–H groups in total. The summed E-state index contributed by atoms with van der Waals surface area (Å²) in [6.07, 6.45) is 4.58.